The predicted molar refractivity (Wildman–Crippen MR) is 140 cm³/mol. The number of anilines is 2. The van der Waals surface area contributed by atoms with E-state index in [1.807, 2.05) is 11.0 Å². The van der Waals surface area contributed by atoms with Crippen LogP contribution in [-0.2, 0) is 22.3 Å². The molecule has 0 aliphatic carbocycles. The van der Waals surface area contributed by atoms with Crippen LogP contribution in [-0.4, -0.2) is 54.8 Å². The highest BCUT2D eigenvalue weighted by Gasteiger charge is 2.60. The number of amides is 3. The fourth-order valence-corrected chi connectivity index (χ4v) is 5.15. The van der Waals surface area contributed by atoms with Crippen LogP contribution in [0.1, 0.15) is 27.0 Å². The summed E-state index contributed by atoms with van der Waals surface area (Å²) in [5, 5.41) is 11.6. The van der Waals surface area contributed by atoms with Crippen molar-refractivity contribution in [1.29, 1.82) is 5.26 Å². The number of rotatable bonds is 5. The summed E-state index contributed by atoms with van der Waals surface area (Å²) < 4.78 is 54.1. The highest BCUT2D eigenvalue weighted by molar-refractivity contribution is 6.11. The van der Waals surface area contributed by atoms with E-state index in [1.165, 1.54) is 36.2 Å². The number of piperazine rings is 1. The Morgan fingerprint density at radius 1 is 1.02 bits per heavy atom. The number of carbonyl (C=O) groups excluding carboxylic acids is 3. The Morgan fingerprint density at radius 3 is 2.24 bits per heavy atom. The molecule has 0 atom stereocenters. The SMILES string of the molecule is CNC(=O)c1ccc(N2CC3(C2)C(=O)N(c2ccc(C#N)cc2F)CC(=O)N3Cc2ccc(C(F)(F)F)cc2)cc1. The lowest BCUT2D eigenvalue weighted by atomic mass is 9.82. The zero-order valence-electron chi connectivity index (χ0n) is 21.7. The molecule has 0 bridgehead atoms. The summed E-state index contributed by atoms with van der Waals surface area (Å²) in [6.07, 6.45) is -4.52. The lowest BCUT2D eigenvalue weighted by Crippen LogP contribution is -2.81. The molecular formula is C29H23F4N5O3. The quantitative estimate of drug-likeness (QED) is 0.476. The van der Waals surface area contributed by atoms with Crippen LogP contribution in [0.15, 0.2) is 66.7 Å². The Bertz CT molecular complexity index is 1560. The molecule has 5 rings (SSSR count). The minimum atomic E-state index is -4.52. The van der Waals surface area contributed by atoms with Gasteiger partial charge in [0.05, 0.1) is 36.0 Å². The molecule has 1 spiro atoms. The van der Waals surface area contributed by atoms with Gasteiger partial charge in [-0.1, -0.05) is 12.1 Å². The third-order valence-corrected chi connectivity index (χ3v) is 7.37. The van der Waals surface area contributed by atoms with E-state index >= 15 is 0 Å². The highest BCUT2D eigenvalue weighted by atomic mass is 19.4. The van der Waals surface area contributed by atoms with Crippen molar-refractivity contribution >= 4 is 29.1 Å². The maximum absolute atomic E-state index is 14.9. The van der Waals surface area contributed by atoms with Crippen molar-refractivity contribution in [1.82, 2.24) is 10.2 Å². The summed E-state index contributed by atoms with van der Waals surface area (Å²) in [4.78, 5) is 43.6. The summed E-state index contributed by atoms with van der Waals surface area (Å²) in [5.41, 5.74) is -0.862. The molecule has 0 radical (unpaired) electrons. The largest absolute Gasteiger partial charge is 0.416 e. The van der Waals surface area contributed by atoms with Crippen LogP contribution in [0.3, 0.4) is 0 Å². The Hall–Kier alpha value is -4.92. The first-order valence-electron chi connectivity index (χ1n) is 12.5. The van der Waals surface area contributed by atoms with Gasteiger partial charge in [0.15, 0.2) is 5.54 Å². The molecule has 2 fully saturated rings. The average molecular weight is 566 g/mol. The molecule has 3 aromatic rings. The number of alkyl halides is 3. The summed E-state index contributed by atoms with van der Waals surface area (Å²) in [6.45, 7) is -0.543. The molecule has 3 amide bonds. The van der Waals surface area contributed by atoms with Gasteiger partial charge in [0.2, 0.25) is 5.91 Å². The molecule has 2 aliphatic rings. The number of carbonyl (C=O) groups is 3. The Kier molecular flexibility index (Phi) is 6.90. The number of nitrogens with zero attached hydrogens (tertiary/aromatic N) is 4. The standard InChI is InChI=1S/C29H23F4N5O3/c1-35-26(40)20-5-9-22(10-6-20)36-16-28(17-36)27(41)37(24-11-4-19(13-34)12-23(24)30)15-25(39)38(28)14-18-2-7-21(8-3-18)29(31,32)33/h2-12H,14-17H2,1H3,(H,35,40). The Labute approximate surface area is 232 Å². The van der Waals surface area contributed by atoms with Crippen molar-refractivity contribution < 1.29 is 31.9 Å². The van der Waals surface area contributed by atoms with Gasteiger partial charge < -0.3 is 15.1 Å². The smallest absolute Gasteiger partial charge is 0.366 e. The van der Waals surface area contributed by atoms with Gasteiger partial charge in [-0.05, 0) is 60.2 Å². The average Bonchev–Trinajstić information content (AvgIpc) is 2.93. The number of benzene rings is 3. The van der Waals surface area contributed by atoms with E-state index in [-0.39, 0.29) is 36.8 Å². The minimum Gasteiger partial charge on any atom is -0.366 e. The summed E-state index contributed by atoms with van der Waals surface area (Å²) >= 11 is 0. The third-order valence-electron chi connectivity index (χ3n) is 7.37. The van der Waals surface area contributed by atoms with E-state index in [1.54, 1.807) is 24.3 Å². The fourth-order valence-electron chi connectivity index (χ4n) is 5.15. The molecule has 12 heteroatoms. The number of nitrogens with one attached hydrogen (secondary N) is 1. The first-order valence-corrected chi connectivity index (χ1v) is 12.5. The van der Waals surface area contributed by atoms with E-state index in [9.17, 15) is 31.9 Å². The van der Waals surface area contributed by atoms with Crippen molar-refractivity contribution in [3.05, 3.63) is 94.8 Å². The van der Waals surface area contributed by atoms with Crippen LogP contribution in [0.25, 0.3) is 0 Å². The Balaban J connectivity index is 1.47. The van der Waals surface area contributed by atoms with Crippen molar-refractivity contribution in [3.8, 4) is 6.07 Å². The second-order valence-electron chi connectivity index (χ2n) is 9.86. The summed E-state index contributed by atoms with van der Waals surface area (Å²) in [7, 11) is 1.51. The normalized spacial score (nSPS) is 16.4. The lowest BCUT2D eigenvalue weighted by molar-refractivity contribution is -0.153. The van der Waals surface area contributed by atoms with Gasteiger partial charge in [-0.15, -0.1) is 0 Å². The minimum absolute atomic E-state index is 0.0337. The van der Waals surface area contributed by atoms with Crippen LogP contribution in [0.4, 0.5) is 28.9 Å². The van der Waals surface area contributed by atoms with E-state index in [4.69, 9.17) is 5.26 Å². The van der Waals surface area contributed by atoms with E-state index in [2.05, 4.69) is 5.32 Å². The molecule has 210 valence electrons. The van der Waals surface area contributed by atoms with Crippen LogP contribution < -0.4 is 15.1 Å². The van der Waals surface area contributed by atoms with Crippen LogP contribution >= 0.6 is 0 Å². The molecule has 2 heterocycles. The molecule has 8 nitrogen and oxygen atoms in total. The van der Waals surface area contributed by atoms with Gasteiger partial charge >= 0.3 is 6.18 Å². The van der Waals surface area contributed by atoms with E-state index in [0.717, 1.165) is 23.1 Å². The van der Waals surface area contributed by atoms with Crippen molar-refractivity contribution in [2.24, 2.45) is 0 Å². The topological polar surface area (TPSA) is 96.7 Å². The van der Waals surface area contributed by atoms with Crippen LogP contribution in [0.5, 0.6) is 0 Å². The van der Waals surface area contributed by atoms with Crippen molar-refractivity contribution in [3.63, 3.8) is 0 Å². The Morgan fingerprint density at radius 2 is 1.68 bits per heavy atom. The van der Waals surface area contributed by atoms with Gasteiger partial charge in [0, 0.05) is 24.8 Å². The zero-order chi connectivity index (χ0) is 29.5. The summed E-state index contributed by atoms with van der Waals surface area (Å²) in [6, 6.07) is 16.4. The lowest BCUT2D eigenvalue weighted by Gasteiger charge is -2.58. The van der Waals surface area contributed by atoms with Gasteiger partial charge in [-0.2, -0.15) is 18.4 Å². The second-order valence-corrected chi connectivity index (χ2v) is 9.86. The highest BCUT2D eigenvalue weighted by Crippen LogP contribution is 2.40. The number of hydrogen-bond acceptors (Lipinski definition) is 5. The molecule has 0 aromatic heterocycles. The maximum Gasteiger partial charge on any atom is 0.416 e. The first kappa shape index (κ1) is 27.6. The van der Waals surface area contributed by atoms with Crippen LogP contribution in [0, 0.1) is 17.1 Å². The first-order chi connectivity index (χ1) is 19.5. The molecule has 2 aliphatic heterocycles. The number of hydrogen-bond donors (Lipinski definition) is 1. The maximum atomic E-state index is 14.9. The monoisotopic (exact) mass is 565 g/mol. The van der Waals surface area contributed by atoms with Gasteiger partial charge in [-0.25, -0.2) is 4.39 Å². The molecule has 0 saturated carbocycles. The molecule has 41 heavy (non-hydrogen) atoms. The van der Waals surface area contributed by atoms with Gasteiger partial charge in [-0.3, -0.25) is 19.3 Å². The third kappa shape index (κ3) is 4.95. The number of halogens is 4. The molecule has 1 N–H and O–H groups in total. The zero-order valence-corrected chi connectivity index (χ0v) is 21.7. The molecular weight excluding hydrogens is 542 g/mol. The number of nitriles is 1. The summed E-state index contributed by atoms with van der Waals surface area (Å²) in [5.74, 6) is -2.17. The van der Waals surface area contributed by atoms with Gasteiger partial charge in [0.25, 0.3) is 11.8 Å². The van der Waals surface area contributed by atoms with Crippen molar-refractivity contribution in [2.75, 3.05) is 36.5 Å². The van der Waals surface area contributed by atoms with Crippen LogP contribution in [0.2, 0.25) is 0 Å². The molecule has 3 aromatic carbocycles. The van der Waals surface area contributed by atoms with E-state index < -0.39 is 41.5 Å². The predicted octanol–water partition coefficient (Wildman–Crippen LogP) is 3.71. The van der Waals surface area contributed by atoms with Gasteiger partial charge in [0.1, 0.15) is 12.4 Å². The molecule has 2 saturated heterocycles. The fraction of sp³-hybridized carbons (Fsp3) is 0.241. The van der Waals surface area contributed by atoms with Crippen molar-refractivity contribution in [2.45, 2.75) is 18.3 Å². The van der Waals surface area contributed by atoms with E-state index in [0.29, 0.717) is 16.8 Å². The molecule has 0 unspecified atom stereocenters. The second kappa shape index (κ2) is 10.2.